The molecule has 0 spiro atoms. The first kappa shape index (κ1) is 20.9. The first-order valence-corrected chi connectivity index (χ1v) is 10.9. The van der Waals surface area contributed by atoms with E-state index in [2.05, 4.69) is 21.2 Å². The molecule has 0 radical (unpaired) electrons. The van der Waals surface area contributed by atoms with Crippen LogP contribution in [-0.2, 0) is 9.59 Å². The predicted octanol–water partition coefficient (Wildman–Crippen LogP) is 2.80. The first-order chi connectivity index (χ1) is 13.5. The third kappa shape index (κ3) is 5.83. The molecule has 8 heteroatoms. The molecule has 2 heterocycles. The summed E-state index contributed by atoms with van der Waals surface area (Å²) in [6.45, 7) is 2.07. The van der Waals surface area contributed by atoms with E-state index in [4.69, 9.17) is 4.42 Å². The van der Waals surface area contributed by atoms with Crippen LogP contribution in [0.25, 0.3) is 0 Å². The van der Waals surface area contributed by atoms with Crippen molar-refractivity contribution in [3.63, 3.8) is 0 Å². The minimum atomic E-state index is -0.421. The number of nitrogens with one attached hydrogen (secondary N) is 1. The molecule has 0 unspecified atom stereocenters. The molecule has 1 saturated carbocycles. The highest BCUT2D eigenvalue weighted by Crippen LogP contribution is 2.27. The Balaban J connectivity index is 1.35. The average Bonchev–Trinajstić information content (AvgIpc) is 3.17. The molecular weight excluding hydrogens is 426 g/mol. The normalized spacial score (nSPS) is 18.2. The third-order valence-electron chi connectivity index (χ3n) is 5.67. The zero-order valence-electron chi connectivity index (χ0n) is 16.1. The predicted molar refractivity (Wildman–Crippen MR) is 108 cm³/mol. The van der Waals surface area contributed by atoms with Crippen LogP contribution in [0, 0.1) is 5.92 Å². The highest BCUT2D eigenvalue weighted by atomic mass is 79.9. The fraction of sp³-hybridized carbons (Fsp3) is 0.650. The maximum atomic E-state index is 12.4. The average molecular weight is 454 g/mol. The van der Waals surface area contributed by atoms with Crippen LogP contribution in [0.2, 0.25) is 0 Å². The summed E-state index contributed by atoms with van der Waals surface area (Å²) in [7, 11) is 0. The Morgan fingerprint density at radius 3 is 2.25 bits per heavy atom. The lowest BCUT2D eigenvalue weighted by atomic mass is 9.86. The van der Waals surface area contributed by atoms with Crippen molar-refractivity contribution >= 4 is 33.7 Å². The summed E-state index contributed by atoms with van der Waals surface area (Å²) in [6.07, 6.45) is 8.06. The summed E-state index contributed by atoms with van der Waals surface area (Å²) in [5.74, 6) is 0.505. The lowest BCUT2D eigenvalue weighted by Gasteiger charge is -2.35. The molecule has 0 aromatic carbocycles. The number of rotatable bonds is 6. The van der Waals surface area contributed by atoms with E-state index in [0.717, 1.165) is 6.42 Å². The molecule has 2 aliphatic rings. The van der Waals surface area contributed by atoms with E-state index < -0.39 is 5.91 Å². The van der Waals surface area contributed by atoms with Gasteiger partial charge in [0.1, 0.15) is 0 Å². The molecular formula is C20H28BrN3O4. The summed E-state index contributed by atoms with van der Waals surface area (Å²) >= 11 is 3.14. The van der Waals surface area contributed by atoms with Gasteiger partial charge in [-0.15, -0.1) is 0 Å². The zero-order valence-corrected chi connectivity index (χ0v) is 17.7. The summed E-state index contributed by atoms with van der Waals surface area (Å²) < 4.78 is 5.63. The van der Waals surface area contributed by atoms with Gasteiger partial charge in [0.25, 0.3) is 5.91 Å². The molecule has 3 rings (SSSR count). The van der Waals surface area contributed by atoms with Crippen LogP contribution in [0.5, 0.6) is 0 Å². The number of hydrogen-bond donors (Lipinski definition) is 1. The molecule has 1 aliphatic carbocycles. The van der Waals surface area contributed by atoms with E-state index >= 15 is 0 Å². The van der Waals surface area contributed by atoms with E-state index in [1.165, 1.54) is 32.1 Å². The summed E-state index contributed by atoms with van der Waals surface area (Å²) in [5.41, 5.74) is 0. The largest absolute Gasteiger partial charge is 0.444 e. The second kappa shape index (κ2) is 10.1. The molecule has 1 saturated heterocycles. The number of furan rings is 1. The SMILES string of the molecule is O=C(NCC(=O)N1CCN(C(=O)CCC2CCCCC2)CC1)c1ccc(Br)o1. The van der Waals surface area contributed by atoms with Crippen molar-refractivity contribution in [3.8, 4) is 0 Å². The third-order valence-corrected chi connectivity index (χ3v) is 6.10. The lowest BCUT2D eigenvalue weighted by Crippen LogP contribution is -2.52. The van der Waals surface area contributed by atoms with Gasteiger partial charge in [0.15, 0.2) is 10.4 Å². The summed E-state index contributed by atoms with van der Waals surface area (Å²) in [5, 5.41) is 2.57. The van der Waals surface area contributed by atoms with Crippen LogP contribution in [0.4, 0.5) is 0 Å². The van der Waals surface area contributed by atoms with Crippen molar-refractivity contribution in [2.75, 3.05) is 32.7 Å². The molecule has 1 aromatic heterocycles. The smallest absolute Gasteiger partial charge is 0.287 e. The number of piperazine rings is 1. The highest BCUT2D eigenvalue weighted by molar-refractivity contribution is 9.10. The van der Waals surface area contributed by atoms with Gasteiger partial charge in [-0.05, 0) is 40.4 Å². The van der Waals surface area contributed by atoms with Crippen molar-refractivity contribution in [2.24, 2.45) is 5.92 Å². The number of amides is 3. The number of nitrogens with zero attached hydrogens (tertiary/aromatic N) is 2. The molecule has 2 fully saturated rings. The molecule has 7 nitrogen and oxygen atoms in total. The van der Waals surface area contributed by atoms with Crippen molar-refractivity contribution in [1.82, 2.24) is 15.1 Å². The highest BCUT2D eigenvalue weighted by Gasteiger charge is 2.25. The maximum Gasteiger partial charge on any atom is 0.287 e. The molecule has 1 aromatic rings. The van der Waals surface area contributed by atoms with E-state index in [9.17, 15) is 14.4 Å². The van der Waals surface area contributed by atoms with Gasteiger partial charge >= 0.3 is 0 Å². The Kier molecular flexibility index (Phi) is 7.53. The molecule has 0 bridgehead atoms. The second-order valence-electron chi connectivity index (χ2n) is 7.59. The fourth-order valence-electron chi connectivity index (χ4n) is 3.96. The molecule has 3 amide bonds. The Morgan fingerprint density at radius 2 is 1.64 bits per heavy atom. The summed E-state index contributed by atoms with van der Waals surface area (Å²) in [4.78, 5) is 40.3. The van der Waals surface area contributed by atoms with Gasteiger partial charge in [0, 0.05) is 32.6 Å². The first-order valence-electron chi connectivity index (χ1n) is 10.1. The monoisotopic (exact) mass is 453 g/mol. The van der Waals surface area contributed by atoms with E-state index in [0.29, 0.717) is 43.2 Å². The van der Waals surface area contributed by atoms with E-state index in [1.54, 1.807) is 17.0 Å². The minimum absolute atomic E-state index is 0.0766. The van der Waals surface area contributed by atoms with Crippen molar-refractivity contribution in [2.45, 2.75) is 44.9 Å². The minimum Gasteiger partial charge on any atom is -0.444 e. The maximum absolute atomic E-state index is 12.4. The number of hydrogen-bond acceptors (Lipinski definition) is 4. The standard InChI is InChI=1S/C20H28BrN3O4/c21-17-8-7-16(28-17)20(27)22-14-19(26)24-12-10-23(11-13-24)18(25)9-6-15-4-2-1-3-5-15/h7-8,15H,1-6,9-14H2,(H,22,27). The number of carbonyl (C=O) groups excluding carboxylic acids is 3. The zero-order chi connectivity index (χ0) is 19.9. The Labute approximate surface area is 173 Å². The van der Waals surface area contributed by atoms with Crippen LogP contribution < -0.4 is 5.32 Å². The van der Waals surface area contributed by atoms with Crippen LogP contribution in [0.1, 0.15) is 55.5 Å². The van der Waals surface area contributed by atoms with Crippen LogP contribution in [-0.4, -0.2) is 60.2 Å². The van der Waals surface area contributed by atoms with Gasteiger partial charge in [-0.1, -0.05) is 32.1 Å². The van der Waals surface area contributed by atoms with Crippen LogP contribution >= 0.6 is 15.9 Å². The van der Waals surface area contributed by atoms with Gasteiger partial charge in [0.05, 0.1) is 6.54 Å². The number of carbonyl (C=O) groups is 3. The molecule has 154 valence electrons. The fourth-order valence-corrected chi connectivity index (χ4v) is 4.26. The van der Waals surface area contributed by atoms with Crippen molar-refractivity contribution < 1.29 is 18.8 Å². The van der Waals surface area contributed by atoms with Gasteiger partial charge < -0.3 is 19.5 Å². The lowest BCUT2D eigenvalue weighted by molar-refractivity contribution is -0.139. The Morgan fingerprint density at radius 1 is 1.00 bits per heavy atom. The topological polar surface area (TPSA) is 82.9 Å². The van der Waals surface area contributed by atoms with Gasteiger partial charge in [-0.3, -0.25) is 14.4 Å². The van der Waals surface area contributed by atoms with Crippen molar-refractivity contribution in [3.05, 3.63) is 22.6 Å². The molecule has 1 aliphatic heterocycles. The molecule has 0 atom stereocenters. The summed E-state index contributed by atoms with van der Waals surface area (Å²) in [6, 6.07) is 3.17. The Hall–Kier alpha value is -1.83. The van der Waals surface area contributed by atoms with Crippen LogP contribution in [0.3, 0.4) is 0 Å². The Bertz CT molecular complexity index is 691. The van der Waals surface area contributed by atoms with Crippen molar-refractivity contribution in [1.29, 1.82) is 0 Å². The number of halogens is 1. The molecule has 1 N–H and O–H groups in total. The van der Waals surface area contributed by atoms with Gasteiger partial charge in [-0.25, -0.2) is 0 Å². The quantitative estimate of drug-likeness (QED) is 0.717. The van der Waals surface area contributed by atoms with Gasteiger partial charge in [0.2, 0.25) is 11.8 Å². The second-order valence-corrected chi connectivity index (χ2v) is 8.37. The van der Waals surface area contributed by atoms with Crippen LogP contribution in [0.15, 0.2) is 21.2 Å². The van der Waals surface area contributed by atoms with E-state index in [1.807, 2.05) is 4.90 Å². The molecule has 28 heavy (non-hydrogen) atoms. The van der Waals surface area contributed by atoms with E-state index in [-0.39, 0.29) is 24.1 Å². The van der Waals surface area contributed by atoms with Gasteiger partial charge in [-0.2, -0.15) is 0 Å².